The zero-order valence-corrected chi connectivity index (χ0v) is 10.6. The van der Waals surface area contributed by atoms with Crippen LogP contribution in [0.4, 0.5) is 0 Å². The van der Waals surface area contributed by atoms with Gasteiger partial charge in [-0.25, -0.2) is 0 Å². The summed E-state index contributed by atoms with van der Waals surface area (Å²) in [6.45, 7) is 5.42. The molecule has 94 valence electrons. The Morgan fingerprint density at radius 1 is 1.00 bits per heavy atom. The predicted octanol–water partition coefficient (Wildman–Crippen LogP) is 3.08. The molecule has 0 aromatic heterocycles. The normalized spacial score (nSPS) is 17.2. The molecule has 1 heterocycles. The molecule has 0 unspecified atom stereocenters. The summed E-state index contributed by atoms with van der Waals surface area (Å²) in [4.78, 5) is 2.56. The molecular formula is C15H23NO. The zero-order chi connectivity index (χ0) is 11.8. The molecule has 0 atom stereocenters. The zero-order valence-electron chi connectivity index (χ0n) is 10.6. The van der Waals surface area contributed by atoms with E-state index < -0.39 is 0 Å². The maximum absolute atomic E-state index is 5.68. The number of piperidine rings is 1. The van der Waals surface area contributed by atoms with Gasteiger partial charge < -0.3 is 9.64 Å². The van der Waals surface area contributed by atoms with Crippen molar-refractivity contribution in [3.05, 3.63) is 35.9 Å². The van der Waals surface area contributed by atoms with Gasteiger partial charge in [0.1, 0.15) is 0 Å². The van der Waals surface area contributed by atoms with Crippen molar-refractivity contribution in [2.45, 2.75) is 32.3 Å². The van der Waals surface area contributed by atoms with Gasteiger partial charge in [-0.15, -0.1) is 0 Å². The van der Waals surface area contributed by atoms with E-state index in [1.165, 1.54) is 44.5 Å². The number of ether oxygens (including phenoxy) is 1. The van der Waals surface area contributed by atoms with Gasteiger partial charge in [-0.3, -0.25) is 0 Å². The Labute approximate surface area is 105 Å². The van der Waals surface area contributed by atoms with Gasteiger partial charge in [0.05, 0.1) is 6.61 Å². The van der Waals surface area contributed by atoms with Crippen LogP contribution in [0.2, 0.25) is 0 Å². The molecule has 2 rings (SSSR count). The molecule has 0 amide bonds. The Balaban J connectivity index is 1.51. The van der Waals surface area contributed by atoms with E-state index in [2.05, 4.69) is 29.2 Å². The lowest BCUT2D eigenvalue weighted by molar-refractivity contribution is 0.105. The van der Waals surface area contributed by atoms with E-state index in [4.69, 9.17) is 4.74 Å². The van der Waals surface area contributed by atoms with Crippen LogP contribution in [0.15, 0.2) is 30.3 Å². The monoisotopic (exact) mass is 233 g/mol. The fourth-order valence-electron chi connectivity index (χ4n) is 2.34. The average Bonchev–Trinajstić information content (AvgIpc) is 2.41. The van der Waals surface area contributed by atoms with E-state index in [-0.39, 0.29) is 0 Å². The van der Waals surface area contributed by atoms with Gasteiger partial charge in [-0.1, -0.05) is 36.8 Å². The minimum Gasteiger partial charge on any atom is -0.377 e. The van der Waals surface area contributed by atoms with Gasteiger partial charge in [0, 0.05) is 13.2 Å². The van der Waals surface area contributed by atoms with E-state index in [1.54, 1.807) is 0 Å². The second-order valence-electron chi connectivity index (χ2n) is 4.79. The van der Waals surface area contributed by atoms with Crippen molar-refractivity contribution in [2.24, 2.45) is 0 Å². The number of benzene rings is 1. The summed E-state index contributed by atoms with van der Waals surface area (Å²) in [7, 11) is 0. The van der Waals surface area contributed by atoms with Gasteiger partial charge in [0.25, 0.3) is 0 Å². The SMILES string of the molecule is c1ccc(COCCCN2CCCCC2)cc1. The molecule has 1 aromatic rings. The van der Waals surface area contributed by atoms with Gasteiger partial charge in [-0.2, -0.15) is 0 Å². The fourth-order valence-corrected chi connectivity index (χ4v) is 2.34. The molecular weight excluding hydrogens is 210 g/mol. The first kappa shape index (κ1) is 12.6. The van der Waals surface area contributed by atoms with Crippen LogP contribution in [0.25, 0.3) is 0 Å². The van der Waals surface area contributed by atoms with Crippen LogP contribution in [-0.2, 0) is 11.3 Å². The molecule has 2 nitrogen and oxygen atoms in total. The molecule has 1 saturated heterocycles. The third kappa shape index (κ3) is 4.88. The van der Waals surface area contributed by atoms with Crippen LogP contribution in [0.1, 0.15) is 31.2 Å². The molecule has 17 heavy (non-hydrogen) atoms. The van der Waals surface area contributed by atoms with Crippen molar-refractivity contribution in [3.63, 3.8) is 0 Å². The summed E-state index contributed by atoms with van der Waals surface area (Å²) in [6, 6.07) is 10.4. The van der Waals surface area contributed by atoms with Crippen molar-refractivity contribution in [1.29, 1.82) is 0 Å². The van der Waals surface area contributed by atoms with Crippen LogP contribution < -0.4 is 0 Å². The summed E-state index contributed by atoms with van der Waals surface area (Å²) in [5, 5.41) is 0. The highest BCUT2D eigenvalue weighted by atomic mass is 16.5. The van der Waals surface area contributed by atoms with Crippen LogP contribution in [0.3, 0.4) is 0 Å². The lowest BCUT2D eigenvalue weighted by Crippen LogP contribution is -2.31. The smallest absolute Gasteiger partial charge is 0.0716 e. The minimum atomic E-state index is 0.751. The summed E-state index contributed by atoms with van der Waals surface area (Å²) < 4.78 is 5.68. The first-order valence-corrected chi connectivity index (χ1v) is 6.79. The van der Waals surface area contributed by atoms with Crippen LogP contribution in [0.5, 0.6) is 0 Å². The number of nitrogens with zero attached hydrogens (tertiary/aromatic N) is 1. The van der Waals surface area contributed by atoms with Crippen molar-refractivity contribution in [2.75, 3.05) is 26.2 Å². The van der Waals surface area contributed by atoms with E-state index in [0.717, 1.165) is 19.6 Å². The molecule has 1 aromatic carbocycles. The Kier molecular flexibility index (Phi) is 5.53. The topological polar surface area (TPSA) is 12.5 Å². The second kappa shape index (κ2) is 7.46. The quantitative estimate of drug-likeness (QED) is 0.700. The number of hydrogen-bond acceptors (Lipinski definition) is 2. The first-order valence-electron chi connectivity index (χ1n) is 6.79. The fraction of sp³-hybridized carbons (Fsp3) is 0.600. The third-order valence-corrected chi connectivity index (χ3v) is 3.32. The van der Waals surface area contributed by atoms with Crippen LogP contribution in [-0.4, -0.2) is 31.1 Å². The van der Waals surface area contributed by atoms with Crippen molar-refractivity contribution < 1.29 is 4.74 Å². The van der Waals surface area contributed by atoms with Gasteiger partial charge >= 0.3 is 0 Å². The van der Waals surface area contributed by atoms with E-state index in [9.17, 15) is 0 Å². The van der Waals surface area contributed by atoms with E-state index in [1.807, 2.05) is 6.07 Å². The van der Waals surface area contributed by atoms with Crippen LogP contribution >= 0.6 is 0 Å². The molecule has 0 bridgehead atoms. The Morgan fingerprint density at radius 2 is 1.76 bits per heavy atom. The molecule has 1 aliphatic heterocycles. The number of rotatable bonds is 6. The van der Waals surface area contributed by atoms with Crippen molar-refractivity contribution >= 4 is 0 Å². The predicted molar refractivity (Wildman–Crippen MR) is 71.0 cm³/mol. The Bertz CT molecular complexity index is 293. The third-order valence-electron chi connectivity index (χ3n) is 3.32. The molecule has 0 spiro atoms. The highest BCUT2D eigenvalue weighted by Gasteiger charge is 2.08. The molecule has 0 N–H and O–H groups in total. The lowest BCUT2D eigenvalue weighted by Gasteiger charge is -2.26. The standard InChI is InChI=1S/C15H23NO/c1-3-8-15(9-4-1)14-17-13-7-12-16-10-5-2-6-11-16/h1,3-4,8-9H,2,5-7,10-14H2. The van der Waals surface area contributed by atoms with E-state index in [0.29, 0.717) is 0 Å². The number of likely N-dealkylation sites (tertiary alicyclic amines) is 1. The summed E-state index contributed by atoms with van der Waals surface area (Å²) >= 11 is 0. The first-order chi connectivity index (χ1) is 8.45. The maximum Gasteiger partial charge on any atom is 0.0716 e. The molecule has 0 radical (unpaired) electrons. The molecule has 2 heteroatoms. The molecule has 1 aliphatic rings. The highest BCUT2D eigenvalue weighted by Crippen LogP contribution is 2.08. The van der Waals surface area contributed by atoms with Gasteiger partial charge in [0.2, 0.25) is 0 Å². The minimum absolute atomic E-state index is 0.751. The van der Waals surface area contributed by atoms with Crippen LogP contribution in [0, 0.1) is 0 Å². The second-order valence-corrected chi connectivity index (χ2v) is 4.79. The van der Waals surface area contributed by atoms with Crippen molar-refractivity contribution in [1.82, 2.24) is 4.90 Å². The van der Waals surface area contributed by atoms with Gasteiger partial charge in [0.15, 0.2) is 0 Å². The van der Waals surface area contributed by atoms with Crippen molar-refractivity contribution in [3.8, 4) is 0 Å². The summed E-state index contributed by atoms with van der Waals surface area (Å²) in [5.74, 6) is 0. The summed E-state index contributed by atoms with van der Waals surface area (Å²) in [5.41, 5.74) is 1.27. The maximum atomic E-state index is 5.68. The molecule has 1 fully saturated rings. The largest absolute Gasteiger partial charge is 0.377 e. The molecule has 0 saturated carbocycles. The summed E-state index contributed by atoms with van der Waals surface area (Å²) in [6.07, 6.45) is 5.34. The lowest BCUT2D eigenvalue weighted by atomic mass is 10.1. The number of hydrogen-bond donors (Lipinski definition) is 0. The van der Waals surface area contributed by atoms with Gasteiger partial charge in [-0.05, 0) is 37.9 Å². The average molecular weight is 233 g/mol. The van der Waals surface area contributed by atoms with E-state index >= 15 is 0 Å². The Morgan fingerprint density at radius 3 is 2.53 bits per heavy atom. The Hall–Kier alpha value is -0.860. The highest BCUT2D eigenvalue weighted by molar-refractivity contribution is 5.13. The molecule has 0 aliphatic carbocycles.